The van der Waals surface area contributed by atoms with Gasteiger partial charge in [-0.05, 0) is 35.1 Å². The minimum atomic E-state index is -0.524. The molecule has 0 saturated heterocycles. The fourth-order valence-corrected chi connectivity index (χ4v) is 3.59. The number of hydrogen-bond donors (Lipinski definition) is 1. The number of fused-ring (bicyclic) bond motifs is 1. The molecular formula is C18H18OS. The Kier molecular flexibility index (Phi) is 3.86. The molecule has 102 valence electrons. The molecule has 1 atom stereocenters. The lowest BCUT2D eigenvalue weighted by Gasteiger charge is -2.10. The van der Waals surface area contributed by atoms with E-state index in [0.717, 1.165) is 23.3 Å². The number of aliphatic hydroxyl groups excluding tert-OH is 1. The molecule has 1 aromatic heterocycles. The fourth-order valence-electron chi connectivity index (χ4n) is 2.51. The standard InChI is InChI=1S/C18H18OS/c1-2-6-13-7-5-9-15(11-13)18(19)17-12-14-8-3-4-10-16(14)20-17/h3-5,7-12,18-19H,2,6H2,1H3. The van der Waals surface area contributed by atoms with Crippen LogP contribution < -0.4 is 0 Å². The SMILES string of the molecule is CCCc1cccc(C(O)c2cc3ccccc3s2)c1. The van der Waals surface area contributed by atoms with E-state index in [1.54, 1.807) is 11.3 Å². The van der Waals surface area contributed by atoms with Crippen LogP contribution in [0.25, 0.3) is 10.1 Å². The van der Waals surface area contributed by atoms with E-state index in [4.69, 9.17) is 0 Å². The molecule has 0 amide bonds. The van der Waals surface area contributed by atoms with Crippen molar-refractivity contribution in [3.8, 4) is 0 Å². The van der Waals surface area contributed by atoms with Gasteiger partial charge in [-0.15, -0.1) is 11.3 Å². The maximum Gasteiger partial charge on any atom is 0.113 e. The van der Waals surface area contributed by atoms with Gasteiger partial charge in [0.05, 0.1) is 0 Å². The zero-order valence-electron chi connectivity index (χ0n) is 11.5. The largest absolute Gasteiger partial charge is 0.383 e. The second-order valence-corrected chi connectivity index (χ2v) is 6.20. The van der Waals surface area contributed by atoms with Crippen LogP contribution in [0, 0.1) is 0 Å². The molecule has 1 nitrogen and oxygen atoms in total. The van der Waals surface area contributed by atoms with Crippen LogP contribution >= 0.6 is 11.3 Å². The summed E-state index contributed by atoms with van der Waals surface area (Å²) in [5.74, 6) is 0. The lowest BCUT2D eigenvalue weighted by atomic mass is 10.0. The minimum Gasteiger partial charge on any atom is -0.383 e. The molecular weight excluding hydrogens is 264 g/mol. The van der Waals surface area contributed by atoms with Crippen LogP contribution in [-0.4, -0.2) is 5.11 Å². The number of aliphatic hydroxyl groups is 1. The van der Waals surface area contributed by atoms with Gasteiger partial charge in [-0.3, -0.25) is 0 Å². The van der Waals surface area contributed by atoms with Gasteiger partial charge in [-0.25, -0.2) is 0 Å². The van der Waals surface area contributed by atoms with Crippen molar-refractivity contribution in [3.63, 3.8) is 0 Å². The first-order chi connectivity index (χ1) is 9.78. The fraction of sp³-hybridized carbons (Fsp3) is 0.222. The number of rotatable bonds is 4. The zero-order chi connectivity index (χ0) is 13.9. The van der Waals surface area contributed by atoms with Gasteiger partial charge < -0.3 is 5.11 Å². The summed E-state index contributed by atoms with van der Waals surface area (Å²) in [6, 6.07) is 18.7. The molecule has 0 aliphatic carbocycles. The molecule has 0 aliphatic rings. The zero-order valence-corrected chi connectivity index (χ0v) is 12.4. The molecule has 3 aromatic rings. The van der Waals surface area contributed by atoms with Gasteiger partial charge in [0.15, 0.2) is 0 Å². The lowest BCUT2D eigenvalue weighted by Crippen LogP contribution is -1.98. The van der Waals surface area contributed by atoms with Crippen molar-refractivity contribution in [1.29, 1.82) is 0 Å². The van der Waals surface area contributed by atoms with E-state index in [9.17, 15) is 5.11 Å². The van der Waals surface area contributed by atoms with Gasteiger partial charge in [0.25, 0.3) is 0 Å². The summed E-state index contributed by atoms with van der Waals surface area (Å²) in [7, 11) is 0. The third-order valence-electron chi connectivity index (χ3n) is 3.52. The van der Waals surface area contributed by atoms with E-state index >= 15 is 0 Å². The Bertz CT molecular complexity index is 681. The highest BCUT2D eigenvalue weighted by Crippen LogP contribution is 2.33. The van der Waals surface area contributed by atoms with Crippen molar-refractivity contribution in [2.24, 2.45) is 0 Å². The lowest BCUT2D eigenvalue weighted by molar-refractivity contribution is 0.224. The molecule has 0 bridgehead atoms. The highest BCUT2D eigenvalue weighted by atomic mass is 32.1. The Hall–Kier alpha value is -1.64. The summed E-state index contributed by atoms with van der Waals surface area (Å²) in [4.78, 5) is 1.01. The predicted octanol–water partition coefficient (Wildman–Crippen LogP) is 4.94. The number of aryl methyl sites for hydroxylation is 1. The highest BCUT2D eigenvalue weighted by Gasteiger charge is 2.13. The van der Waals surface area contributed by atoms with Crippen molar-refractivity contribution >= 4 is 21.4 Å². The Labute approximate surface area is 123 Å². The molecule has 1 heterocycles. The maximum atomic E-state index is 10.6. The van der Waals surface area contributed by atoms with Crippen molar-refractivity contribution in [2.75, 3.05) is 0 Å². The second-order valence-electron chi connectivity index (χ2n) is 5.08. The number of benzene rings is 2. The van der Waals surface area contributed by atoms with Crippen LogP contribution in [0.1, 0.15) is 35.5 Å². The number of thiophene rings is 1. The Morgan fingerprint density at radius 2 is 1.90 bits per heavy atom. The third-order valence-corrected chi connectivity index (χ3v) is 4.69. The summed E-state index contributed by atoms with van der Waals surface area (Å²) >= 11 is 1.67. The monoisotopic (exact) mass is 282 g/mol. The molecule has 2 aromatic carbocycles. The van der Waals surface area contributed by atoms with Crippen LogP contribution in [0.15, 0.2) is 54.6 Å². The molecule has 0 fully saturated rings. The molecule has 2 heteroatoms. The number of hydrogen-bond acceptors (Lipinski definition) is 2. The van der Waals surface area contributed by atoms with Gasteiger partial charge in [0.2, 0.25) is 0 Å². The van der Waals surface area contributed by atoms with Crippen molar-refractivity contribution in [1.82, 2.24) is 0 Å². The van der Waals surface area contributed by atoms with Gasteiger partial charge >= 0.3 is 0 Å². The molecule has 0 saturated carbocycles. The summed E-state index contributed by atoms with van der Waals surface area (Å²) < 4.78 is 1.23. The van der Waals surface area contributed by atoms with Crippen molar-refractivity contribution < 1.29 is 5.11 Å². The van der Waals surface area contributed by atoms with Gasteiger partial charge in [0.1, 0.15) is 6.10 Å². The average Bonchev–Trinajstić information content (AvgIpc) is 2.91. The van der Waals surface area contributed by atoms with Crippen LogP contribution in [0.5, 0.6) is 0 Å². The first-order valence-electron chi connectivity index (χ1n) is 7.03. The molecule has 1 N–H and O–H groups in total. The molecule has 0 radical (unpaired) electrons. The summed E-state index contributed by atoms with van der Waals surface area (Å²) in [5, 5.41) is 11.8. The maximum absolute atomic E-state index is 10.6. The molecule has 1 unspecified atom stereocenters. The van der Waals surface area contributed by atoms with E-state index < -0.39 is 6.10 Å². The van der Waals surface area contributed by atoms with Crippen molar-refractivity contribution in [3.05, 3.63) is 70.6 Å². The predicted molar refractivity (Wildman–Crippen MR) is 86.3 cm³/mol. The van der Waals surface area contributed by atoms with Crippen LogP contribution in [0.2, 0.25) is 0 Å². The highest BCUT2D eigenvalue weighted by molar-refractivity contribution is 7.19. The van der Waals surface area contributed by atoms with Gasteiger partial charge in [-0.1, -0.05) is 55.8 Å². The van der Waals surface area contributed by atoms with E-state index in [2.05, 4.69) is 37.3 Å². The Morgan fingerprint density at radius 3 is 2.70 bits per heavy atom. The van der Waals surface area contributed by atoms with Crippen LogP contribution in [0.3, 0.4) is 0 Å². The normalized spacial score (nSPS) is 12.7. The summed E-state index contributed by atoms with van der Waals surface area (Å²) in [6.07, 6.45) is 1.67. The van der Waals surface area contributed by atoms with E-state index in [0.29, 0.717) is 0 Å². The molecule has 0 spiro atoms. The third kappa shape index (κ3) is 2.62. The Morgan fingerprint density at radius 1 is 1.05 bits per heavy atom. The van der Waals surface area contributed by atoms with Gasteiger partial charge in [0, 0.05) is 9.58 Å². The molecule has 3 rings (SSSR count). The topological polar surface area (TPSA) is 20.2 Å². The summed E-state index contributed by atoms with van der Waals surface area (Å²) in [6.45, 7) is 2.18. The second kappa shape index (κ2) is 5.78. The van der Waals surface area contributed by atoms with E-state index in [1.807, 2.05) is 24.3 Å². The summed E-state index contributed by atoms with van der Waals surface area (Å²) in [5.41, 5.74) is 2.28. The first-order valence-corrected chi connectivity index (χ1v) is 7.85. The van der Waals surface area contributed by atoms with Gasteiger partial charge in [-0.2, -0.15) is 0 Å². The first kappa shape index (κ1) is 13.3. The Balaban J connectivity index is 1.94. The van der Waals surface area contributed by atoms with Crippen LogP contribution in [-0.2, 0) is 6.42 Å². The molecule has 0 aliphatic heterocycles. The van der Waals surface area contributed by atoms with Crippen LogP contribution in [0.4, 0.5) is 0 Å². The van der Waals surface area contributed by atoms with Crippen molar-refractivity contribution in [2.45, 2.75) is 25.9 Å². The smallest absolute Gasteiger partial charge is 0.113 e. The minimum absolute atomic E-state index is 0.524. The quantitative estimate of drug-likeness (QED) is 0.719. The van der Waals surface area contributed by atoms with E-state index in [1.165, 1.54) is 15.6 Å². The average molecular weight is 282 g/mol. The molecule has 20 heavy (non-hydrogen) atoms. The van der Waals surface area contributed by atoms with E-state index in [-0.39, 0.29) is 0 Å².